The van der Waals surface area contributed by atoms with Crippen molar-refractivity contribution < 1.29 is 19.0 Å². The van der Waals surface area contributed by atoms with Crippen LogP contribution in [0.5, 0.6) is 0 Å². The maximum absolute atomic E-state index is 12.3. The van der Waals surface area contributed by atoms with Crippen molar-refractivity contribution in [3.05, 3.63) is 59.7 Å². The number of nitrogens with two attached hydrogens (primary N) is 1. The smallest absolute Gasteiger partial charge is 0.407 e. The van der Waals surface area contributed by atoms with Crippen molar-refractivity contribution in [3.8, 4) is 11.1 Å². The lowest BCUT2D eigenvalue weighted by Gasteiger charge is -2.18. The highest BCUT2D eigenvalue weighted by atomic mass is 16.8. The first-order chi connectivity index (χ1) is 13.5. The molecule has 3 N–H and O–H groups in total. The molecule has 0 bridgehead atoms. The van der Waals surface area contributed by atoms with Crippen LogP contribution in [0.4, 0.5) is 4.79 Å². The highest BCUT2D eigenvalue weighted by Gasteiger charge is 2.40. The zero-order chi connectivity index (χ0) is 19.7. The molecule has 4 rings (SSSR count). The fourth-order valence-electron chi connectivity index (χ4n) is 4.12. The Balaban J connectivity index is 1.37. The quantitative estimate of drug-likeness (QED) is 0.831. The van der Waals surface area contributed by atoms with E-state index in [-0.39, 0.29) is 24.7 Å². The number of ether oxygens (including phenoxy) is 3. The standard InChI is InChI=1S/C22H26N2O4/c1-22(2)27-19(11-23)20(28-22)12-24-21(25)26-13-18-16-9-5-3-7-14(16)15-8-4-6-10-17(15)18/h3-10,18-20H,11-13,23H2,1-2H3,(H,24,25)/t19-,20+/m1/s1. The Morgan fingerprint density at radius 3 is 2.21 bits per heavy atom. The molecule has 28 heavy (non-hydrogen) atoms. The average Bonchev–Trinajstić information content (AvgIpc) is 3.18. The van der Waals surface area contributed by atoms with Crippen molar-refractivity contribution in [3.63, 3.8) is 0 Å². The average molecular weight is 382 g/mol. The van der Waals surface area contributed by atoms with Crippen molar-refractivity contribution in [2.24, 2.45) is 5.73 Å². The highest BCUT2D eigenvalue weighted by Crippen LogP contribution is 2.44. The zero-order valence-electron chi connectivity index (χ0n) is 16.2. The van der Waals surface area contributed by atoms with Gasteiger partial charge in [-0.25, -0.2) is 4.79 Å². The van der Waals surface area contributed by atoms with Gasteiger partial charge in [-0.05, 0) is 36.1 Å². The number of alkyl carbamates (subject to hydrolysis) is 1. The predicted octanol–water partition coefficient (Wildman–Crippen LogP) is 3.00. The van der Waals surface area contributed by atoms with E-state index in [9.17, 15) is 4.79 Å². The number of benzene rings is 2. The van der Waals surface area contributed by atoms with Gasteiger partial charge in [-0.1, -0.05) is 48.5 Å². The fraction of sp³-hybridized carbons (Fsp3) is 0.409. The molecule has 2 aromatic carbocycles. The Labute approximate surface area is 165 Å². The summed E-state index contributed by atoms with van der Waals surface area (Å²) in [5.74, 6) is -0.655. The summed E-state index contributed by atoms with van der Waals surface area (Å²) in [6.45, 7) is 4.59. The summed E-state index contributed by atoms with van der Waals surface area (Å²) in [6, 6.07) is 16.5. The Morgan fingerprint density at radius 1 is 1.04 bits per heavy atom. The van der Waals surface area contributed by atoms with E-state index in [1.165, 1.54) is 22.3 Å². The molecule has 1 saturated heterocycles. The summed E-state index contributed by atoms with van der Waals surface area (Å²) in [6.07, 6.45) is -1.00. The first-order valence-corrected chi connectivity index (χ1v) is 9.63. The van der Waals surface area contributed by atoms with Crippen LogP contribution in [0, 0.1) is 0 Å². The Hall–Kier alpha value is -2.41. The minimum Gasteiger partial charge on any atom is -0.449 e. The largest absolute Gasteiger partial charge is 0.449 e. The minimum absolute atomic E-state index is 0.0416. The number of fused-ring (bicyclic) bond motifs is 3. The number of rotatable bonds is 5. The molecule has 0 saturated carbocycles. The second kappa shape index (κ2) is 7.54. The van der Waals surface area contributed by atoms with Gasteiger partial charge >= 0.3 is 6.09 Å². The van der Waals surface area contributed by atoms with E-state index in [1.54, 1.807) is 0 Å². The van der Waals surface area contributed by atoms with Crippen LogP contribution in [-0.2, 0) is 14.2 Å². The molecule has 0 unspecified atom stereocenters. The van der Waals surface area contributed by atoms with Crippen molar-refractivity contribution >= 4 is 6.09 Å². The van der Waals surface area contributed by atoms with Crippen molar-refractivity contribution in [2.45, 2.75) is 37.8 Å². The van der Waals surface area contributed by atoms with E-state index in [0.717, 1.165) is 0 Å². The van der Waals surface area contributed by atoms with Gasteiger partial charge in [0.1, 0.15) is 18.8 Å². The van der Waals surface area contributed by atoms with Gasteiger partial charge in [-0.3, -0.25) is 0 Å². The third-order valence-electron chi connectivity index (χ3n) is 5.31. The fourth-order valence-corrected chi connectivity index (χ4v) is 4.12. The van der Waals surface area contributed by atoms with Crippen LogP contribution in [0.1, 0.15) is 30.9 Å². The molecule has 2 atom stereocenters. The third-order valence-corrected chi connectivity index (χ3v) is 5.31. The molecule has 0 radical (unpaired) electrons. The molecule has 2 aromatic rings. The number of nitrogens with one attached hydrogen (secondary N) is 1. The summed E-state index contributed by atoms with van der Waals surface area (Å²) in [7, 11) is 0. The van der Waals surface area contributed by atoms with Gasteiger partial charge in [0.25, 0.3) is 0 Å². The molecular weight excluding hydrogens is 356 g/mol. The van der Waals surface area contributed by atoms with Crippen LogP contribution in [0.3, 0.4) is 0 Å². The van der Waals surface area contributed by atoms with Crippen molar-refractivity contribution in [2.75, 3.05) is 19.7 Å². The van der Waals surface area contributed by atoms with Crippen molar-refractivity contribution in [1.82, 2.24) is 5.32 Å². The lowest BCUT2D eigenvalue weighted by atomic mass is 9.98. The topological polar surface area (TPSA) is 82.8 Å². The lowest BCUT2D eigenvalue weighted by molar-refractivity contribution is -0.145. The normalized spacial score (nSPS) is 22.5. The van der Waals surface area contributed by atoms with E-state index >= 15 is 0 Å². The zero-order valence-corrected chi connectivity index (χ0v) is 16.2. The summed E-state index contributed by atoms with van der Waals surface area (Å²) in [5, 5.41) is 2.78. The monoisotopic (exact) mass is 382 g/mol. The molecule has 0 aromatic heterocycles. The molecule has 0 spiro atoms. The highest BCUT2D eigenvalue weighted by molar-refractivity contribution is 5.79. The van der Waals surface area contributed by atoms with E-state index in [4.69, 9.17) is 19.9 Å². The van der Waals surface area contributed by atoms with Crippen LogP contribution < -0.4 is 11.1 Å². The van der Waals surface area contributed by atoms with Gasteiger partial charge in [0.15, 0.2) is 5.79 Å². The summed E-state index contributed by atoms with van der Waals surface area (Å²) in [4.78, 5) is 12.3. The first kappa shape index (κ1) is 18.9. The van der Waals surface area contributed by atoms with Gasteiger partial charge in [-0.15, -0.1) is 0 Å². The molecule has 6 heteroatoms. The van der Waals surface area contributed by atoms with Gasteiger partial charge < -0.3 is 25.3 Å². The van der Waals surface area contributed by atoms with Gasteiger partial charge in [-0.2, -0.15) is 0 Å². The molecule has 1 amide bonds. The summed E-state index contributed by atoms with van der Waals surface area (Å²) < 4.78 is 17.1. The number of hydrogen-bond acceptors (Lipinski definition) is 5. The minimum atomic E-state index is -0.697. The van der Waals surface area contributed by atoms with Crippen LogP contribution in [-0.4, -0.2) is 43.8 Å². The molecule has 2 aliphatic rings. The number of carbonyl (C=O) groups is 1. The SMILES string of the molecule is CC1(C)O[C@@H](CNC(=O)OCC2c3ccccc3-c3ccccc32)[C@@H](CN)O1. The first-order valence-electron chi connectivity index (χ1n) is 9.63. The van der Waals surface area contributed by atoms with E-state index < -0.39 is 11.9 Å². The Kier molecular flexibility index (Phi) is 5.10. The Morgan fingerprint density at radius 2 is 1.61 bits per heavy atom. The molecular formula is C22H26N2O4. The molecule has 148 valence electrons. The molecule has 1 aliphatic heterocycles. The van der Waals surface area contributed by atoms with Gasteiger partial charge in [0.05, 0.1) is 0 Å². The number of hydrogen-bond donors (Lipinski definition) is 2. The lowest BCUT2D eigenvalue weighted by Crippen LogP contribution is -2.40. The predicted molar refractivity (Wildman–Crippen MR) is 106 cm³/mol. The second-order valence-electron chi connectivity index (χ2n) is 7.65. The summed E-state index contributed by atoms with van der Waals surface area (Å²) in [5.41, 5.74) is 10.5. The maximum Gasteiger partial charge on any atom is 0.407 e. The Bertz CT molecular complexity index is 822. The van der Waals surface area contributed by atoms with Crippen LogP contribution in [0.25, 0.3) is 11.1 Å². The van der Waals surface area contributed by atoms with Gasteiger partial charge in [0.2, 0.25) is 0 Å². The third kappa shape index (κ3) is 3.63. The summed E-state index contributed by atoms with van der Waals surface area (Å²) >= 11 is 0. The van der Waals surface area contributed by atoms with E-state index in [1.807, 2.05) is 38.1 Å². The number of amides is 1. The van der Waals surface area contributed by atoms with E-state index in [2.05, 4.69) is 29.6 Å². The van der Waals surface area contributed by atoms with Crippen LogP contribution in [0.15, 0.2) is 48.5 Å². The molecule has 1 aliphatic carbocycles. The van der Waals surface area contributed by atoms with Crippen LogP contribution >= 0.6 is 0 Å². The van der Waals surface area contributed by atoms with Crippen LogP contribution in [0.2, 0.25) is 0 Å². The molecule has 1 heterocycles. The van der Waals surface area contributed by atoms with Crippen molar-refractivity contribution in [1.29, 1.82) is 0 Å². The molecule has 1 fully saturated rings. The molecule has 6 nitrogen and oxygen atoms in total. The second-order valence-corrected chi connectivity index (χ2v) is 7.65. The number of carbonyl (C=O) groups excluding carboxylic acids is 1. The van der Waals surface area contributed by atoms with Gasteiger partial charge in [0, 0.05) is 19.0 Å². The van der Waals surface area contributed by atoms with E-state index in [0.29, 0.717) is 13.1 Å². The maximum atomic E-state index is 12.3.